The molecule has 3 aromatic rings. The molecule has 1 fully saturated rings. The summed E-state index contributed by atoms with van der Waals surface area (Å²) in [6.07, 6.45) is 0. The van der Waals surface area contributed by atoms with Gasteiger partial charge in [0.2, 0.25) is 10.0 Å². The van der Waals surface area contributed by atoms with Gasteiger partial charge in [0.25, 0.3) is 0 Å². The smallest absolute Gasteiger partial charge is 0.243 e. The summed E-state index contributed by atoms with van der Waals surface area (Å²) in [6, 6.07) is 13.6. The zero-order valence-electron chi connectivity index (χ0n) is 16.6. The summed E-state index contributed by atoms with van der Waals surface area (Å²) in [5, 5.41) is 0. The number of nitrogens with zero attached hydrogens (tertiary/aromatic N) is 4. The molecule has 2 aromatic carbocycles. The third kappa shape index (κ3) is 3.45. The first-order valence-corrected chi connectivity index (χ1v) is 11.0. The van der Waals surface area contributed by atoms with Crippen molar-refractivity contribution in [2.45, 2.75) is 25.3 Å². The number of benzene rings is 2. The Balaban J connectivity index is 1.46. The van der Waals surface area contributed by atoms with Crippen molar-refractivity contribution in [2.75, 3.05) is 26.2 Å². The third-order valence-electron chi connectivity index (χ3n) is 5.52. The van der Waals surface area contributed by atoms with Crippen LogP contribution in [0.15, 0.2) is 47.4 Å². The van der Waals surface area contributed by atoms with Crippen molar-refractivity contribution < 1.29 is 8.42 Å². The molecule has 7 heteroatoms. The number of hydrogen-bond acceptors (Lipinski definition) is 4. The fraction of sp³-hybridized carbons (Fsp3) is 0.381. The molecule has 28 heavy (non-hydrogen) atoms. The van der Waals surface area contributed by atoms with E-state index in [-0.39, 0.29) is 0 Å². The number of fused-ring (bicyclic) bond motifs is 1. The van der Waals surface area contributed by atoms with Gasteiger partial charge in [0.1, 0.15) is 5.82 Å². The molecule has 4 rings (SSSR count). The number of piperazine rings is 1. The largest absolute Gasteiger partial charge is 0.330 e. The summed E-state index contributed by atoms with van der Waals surface area (Å²) in [7, 11) is -1.42. The second-order valence-electron chi connectivity index (χ2n) is 7.52. The van der Waals surface area contributed by atoms with Crippen LogP contribution in [0, 0.1) is 13.8 Å². The molecular weight excluding hydrogens is 372 g/mol. The normalized spacial score (nSPS) is 16.7. The molecule has 6 nitrogen and oxygen atoms in total. The number of aryl methyl sites for hydroxylation is 3. The monoisotopic (exact) mass is 398 g/mol. The van der Waals surface area contributed by atoms with Crippen LogP contribution in [0.1, 0.15) is 17.0 Å². The molecule has 0 amide bonds. The van der Waals surface area contributed by atoms with Crippen LogP contribution in [0.2, 0.25) is 0 Å². The molecule has 0 aliphatic carbocycles. The van der Waals surface area contributed by atoms with Crippen LogP contribution in [0.5, 0.6) is 0 Å². The number of imidazole rings is 1. The van der Waals surface area contributed by atoms with E-state index >= 15 is 0 Å². The third-order valence-corrected chi connectivity index (χ3v) is 7.58. The zero-order valence-corrected chi connectivity index (χ0v) is 17.4. The van der Waals surface area contributed by atoms with E-state index in [0.717, 1.165) is 34.5 Å². The topological polar surface area (TPSA) is 58.4 Å². The summed E-state index contributed by atoms with van der Waals surface area (Å²) < 4.78 is 29.8. The van der Waals surface area contributed by atoms with E-state index in [1.165, 1.54) is 0 Å². The van der Waals surface area contributed by atoms with Crippen LogP contribution in [0.25, 0.3) is 11.0 Å². The first-order valence-electron chi connectivity index (χ1n) is 9.56. The number of hydrogen-bond donors (Lipinski definition) is 0. The summed E-state index contributed by atoms with van der Waals surface area (Å²) in [6.45, 7) is 6.97. The van der Waals surface area contributed by atoms with Crippen molar-refractivity contribution >= 4 is 21.1 Å². The van der Waals surface area contributed by atoms with Gasteiger partial charge in [-0.15, -0.1) is 0 Å². The van der Waals surface area contributed by atoms with Crippen molar-refractivity contribution in [1.82, 2.24) is 18.8 Å². The maximum absolute atomic E-state index is 13.0. The minimum atomic E-state index is -3.45. The van der Waals surface area contributed by atoms with Gasteiger partial charge in [-0.25, -0.2) is 13.4 Å². The van der Waals surface area contributed by atoms with E-state index in [9.17, 15) is 8.42 Å². The van der Waals surface area contributed by atoms with Gasteiger partial charge in [-0.1, -0.05) is 29.8 Å². The highest BCUT2D eigenvalue weighted by Gasteiger charge is 2.30. The van der Waals surface area contributed by atoms with Crippen LogP contribution >= 0.6 is 0 Å². The summed E-state index contributed by atoms with van der Waals surface area (Å²) in [4.78, 5) is 7.42. The number of sulfonamides is 1. The molecule has 0 spiro atoms. The maximum atomic E-state index is 13.0. The average molecular weight is 399 g/mol. The summed E-state index contributed by atoms with van der Waals surface area (Å²) in [5.41, 5.74) is 4.00. The molecule has 0 N–H and O–H groups in total. The number of aromatic nitrogens is 2. The molecule has 0 saturated carbocycles. The molecule has 0 unspecified atom stereocenters. The molecule has 1 saturated heterocycles. The summed E-state index contributed by atoms with van der Waals surface area (Å²) >= 11 is 0. The van der Waals surface area contributed by atoms with E-state index in [1.807, 2.05) is 51.2 Å². The van der Waals surface area contributed by atoms with Gasteiger partial charge in [0.15, 0.2) is 0 Å². The Morgan fingerprint density at radius 2 is 1.71 bits per heavy atom. The highest BCUT2D eigenvalue weighted by atomic mass is 32.2. The van der Waals surface area contributed by atoms with Gasteiger partial charge in [0, 0.05) is 33.2 Å². The fourth-order valence-electron chi connectivity index (χ4n) is 3.89. The Morgan fingerprint density at radius 3 is 2.39 bits per heavy atom. The predicted octanol–water partition coefficient (Wildman–Crippen LogP) is 2.70. The van der Waals surface area contributed by atoms with Crippen molar-refractivity contribution in [3.63, 3.8) is 0 Å². The predicted molar refractivity (Wildman–Crippen MR) is 111 cm³/mol. The Bertz CT molecular complexity index is 1110. The van der Waals surface area contributed by atoms with Crippen LogP contribution < -0.4 is 0 Å². The van der Waals surface area contributed by atoms with E-state index in [0.29, 0.717) is 31.1 Å². The molecule has 148 valence electrons. The van der Waals surface area contributed by atoms with Gasteiger partial charge >= 0.3 is 0 Å². The molecule has 1 aliphatic rings. The van der Waals surface area contributed by atoms with Crippen molar-refractivity contribution in [2.24, 2.45) is 7.05 Å². The maximum Gasteiger partial charge on any atom is 0.243 e. The molecule has 0 radical (unpaired) electrons. The van der Waals surface area contributed by atoms with E-state index < -0.39 is 10.0 Å². The van der Waals surface area contributed by atoms with Crippen LogP contribution in [0.3, 0.4) is 0 Å². The second kappa shape index (κ2) is 7.31. The van der Waals surface area contributed by atoms with Crippen molar-refractivity contribution in [1.29, 1.82) is 0 Å². The lowest BCUT2D eigenvalue weighted by molar-refractivity contribution is 0.177. The van der Waals surface area contributed by atoms with Gasteiger partial charge < -0.3 is 4.57 Å². The molecule has 0 bridgehead atoms. The van der Waals surface area contributed by atoms with Crippen LogP contribution in [-0.4, -0.2) is 53.4 Å². The molecule has 2 heterocycles. The first kappa shape index (κ1) is 19.1. The van der Waals surface area contributed by atoms with Crippen LogP contribution in [0.4, 0.5) is 0 Å². The minimum absolute atomic E-state index is 0.418. The fourth-order valence-corrected chi connectivity index (χ4v) is 5.52. The van der Waals surface area contributed by atoms with E-state index in [1.54, 1.807) is 10.4 Å². The van der Waals surface area contributed by atoms with Gasteiger partial charge in [-0.2, -0.15) is 4.31 Å². The summed E-state index contributed by atoms with van der Waals surface area (Å²) in [5.74, 6) is 1.01. The lowest BCUT2D eigenvalue weighted by Gasteiger charge is -2.34. The zero-order chi connectivity index (χ0) is 19.9. The number of rotatable bonds is 4. The second-order valence-corrected chi connectivity index (χ2v) is 9.43. The molecule has 1 aliphatic heterocycles. The first-order chi connectivity index (χ1) is 13.4. The lowest BCUT2D eigenvalue weighted by Crippen LogP contribution is -2.48. The highest BCUT2D eigenvalue weighted by molar-refractivity contribution is 7.89. The minimum Gasteiger partial charge on any atom is -0.330 e. The number of para-hydroxylation sites is 2. The molecule has 1 aromatic heterocycles. The molecule has 0 atom stereocenters. The van der Waals surface area contributed by atoms with Crippen molar-refractivity contribution in [3.05, 3.63) is 59.4 Å². The van der Waals surface area contributed by atoms with E-state index in [4.69, 9.17) is 4.98 Å². The van der Waals surface area contributed by atoms with Gasteiger partial charge in [0.05, 0.1) is 22.5 Å². The van der Waals surface area contributed by atoms with Crippen LogP contribution in [-0.2, 0) is 23.6 Å². The standard InChI is InChI=1S/C21H26N4O2S/c1-16-8-9-20(17(2)14-16)28(26,27)25-12-10-24(11-13-25)15-21-22-18-6-4-5-7-19(18)23(21)3/h4-9,14H,10-13,15H2,1-3H3. The van der Waals surface area contributed by atoms with Gasteiger partial charge in [-0.05, 0) is 37.6 Å². The Hall–Kier alpha value is -2.22. The van der Waals surface area contributed by atoms with E-state index in [2.05, 4.69) is 15.5 Å². The Kier molecular flexibility index (Phi) is 4.99. The van der Waals surface area contributed by atoms with Gasteiger partial charge in [-0.3, -0.25) is 4.90 Å². The lowest BCUT2D eigenvalue weighted by atomic mass is 10.2. The Labute approximate surface area is 166 Å². The molecular formula is C21H26N4O2S. The SMILES string of the molecule is Cc1ccc(S(=O)(=O)N2CCN(Cc3nc4ccccc4n3C)CC2)c(C)c1. The highest BCUT2D eigenvalue weighted by Crippen LogP contribution is 2.23. The van der Waals surface area contributed by atoms with Crippen molar-refractivity contribution in [3.8, 4) is 0 Å². The quantitative estimate of drug-likeness (QED) is 0.678. The average Bonchev–Trinajstić information content (AvgIpc) is 2.98. The Morgan fingerprint density at radius 1 is 1.00 bits per heavy atom.